The van der Waals surface area contributed by atoms with Gasteiger partial charge in [0.2, 0.25) is 5.91 Å². The molecule has 17 heavy (non-hydrogen) atoms. The predicted octanol–water partition coefficient (Wildman–Crippen LogP) is 2.39. The van der Waals surface area contributed by atoms with Crippen molar-refractivity contribution in [2.75, 3.05) is 5.32 Å². The third-order valence-corrected chi connectivity index (χ3v) is 3.56. The fraction of sp³-hybridized carbons (Fsp3) is 0.500. The predicted molar refractivity (Wildman–Crippen MR) is 67.7 cm³/mol. The molecule has 0 bridgehead atoms. The number of benzene rings is 1. The maximum atomic E-state index is 11.8. The van der Waals surface area contributed by atoms with Crippen molar-refractivity contribution in [3.63, 3.8) is 0 Å². The number of aryl methyl sites for hydroxylation is 2. The summed E-state index contributed by atoms with van der Waals surface area (Å²) < 4.78 is 0. The van der Waals surface area contributed by atoms with Crippen LogP contribution in [-0.2, 0) is 11.4 Å². The van der Waals surface area contributed by atoms with E-state index in [1.54, 1.807) is 0 Å². The highest BCUT2D eigenvalue weighted by molar-refractivity contribution is 5.95. The number of aliphatic hydroxyl groups is 1. The van der Waals surface area contributed by atoms with E-state index in [1.165, 1.54) is 0 Å². The molecule has 1 amide bonds. The van der Waals surface area contributed by atoms with Gasteiger partial charge in [-0.3, -0.25) is 4.79 Å². The van der Waals surface area contributed by atoms with Crippen molar-refractivity contribution in [2.45, 2.75) is 33.8 Å². The van der Waals surface area contributed by atoms with Crippen molar-refractivity contribution in [1.29, 1.82) is 0 Å². The number of hydrogen-bond acceptors (Lipinski definition) is 2. The fourth-order valence-corrected chi connectivity index (χ4v) is 2.11. The zero-order chi connectivity index (χ0) is 12.6. The summed E-state index contributed by atoms with van der Waals surface area (Å²) in [7, 11) is 0. The van der Waals surface area contributed by atoms with Gasteiger partial charge >= 0.3 is 0 Å². The molecule has 3 heteroatoms. The van der Waals surface area contributed by atoms with Gasteiger partial charge in [-0.25, -0.2) is 0 Å². The minimum atomic E-state index is 0.00875. The zero-order valence-corrected chi connectivity index (χ0v) is 10.6. The Bertz CT molecular complexity index is 454. The van der Waals surface area contributed by atoms with Crippen molar-refractivity contribution in [1.82, 2.24) is 0 Å². The Kier molecular flexibility index (Phi) is 3.20. The zero-order valence-electron chi connectivity index (χ0n) is 10.6. The SMILES string of the molecule is Cc1cc(C)c(NC(=O)[C@H]2C[C@H]2C)cc1CO. The van der Waals surface area contributed by atoms with E-state index in [9.17, 15) is 9.90 Å². The van der Waals surface area contributed by atoms with Crippen molar-refractivity contribution >= 4 is 11.6 Å². The summed E-state index contributed by atoms with van der Waals surface area (Å²) in [6.07, 6.45) is 0.990. The van der Waals surface area contributed by atoms with E-state index >= 15 is 0 Å². The fourth-order valence-electron chi connectivity index (χ4n) is 2.11. The van der Waals surface area contributed by atoms with Crippen molar-refractivity contribution in [3.05, 3.63) is 28.8 Å². The normalized spacial score (nSPS) is 22.4. The highest BCUT2D eigenvalue weighted by atomic mass is 16.3. The van der Waals surface area contributed by atoms with Crippen LogP contribution in [0.25, 0.3) is 0 Å². The first-order chi connectivity index (χ1) is 8.02. The first-order valence-electron chi connectivity index (χ1n) is 6.04. The van der Waals surface area contributed by atoms with E-state index in [-0.39, 0.29) is 18.4 Å². The maximum Gasteiger partial charge on any atom is 0.227 e. The largest absolute Gasteiger partial charge is 0.392 e. The summed E-state index contributed by atoms with van der Waals surface area (Å²) in [5.74, 6) is 0.791. The number of carbonyl (C=O) groups is 1. The van der Waals surface area contributed by atoms with Crippen LogP contribution in [-0.4, -0.2) is 11.0 Å². The lowest BCUT2D eigenvalue weighted by molar-refractivity contribution is -0.117. The lowest BCUT2D eigenvalue weighted by atomic mass is 10.0. The second-order valence-corrected chi connectivity index (χ2v) is 5.06. The average molecular weight is 233 g/mol. The summed E-state index contributed by atoms with van der Waals surface area (Å²) in [6, 6.07) is 3.87. The molecule has 92 valence electrons. The number of carbonyl (C=O) groups excluding carboxylic acids is 1. The molecular weight excluding hydrogens is 214 g/mol. The topological polar surface area (TPSA) is 49.3 Å². The van der Waals surface area contributed by atoms with Crippen molar-refractivity contribution < 1.29 is 9.90 Å². The molecule has 2 rings (SSSR count). The Morgan fingerprint density at radius 2 is 2.06 bits per heavy atom. The molecular formula is C14H19NO2. The van der Waals surface area contributed by atoms with Gasteiger partial charge in [0.25, 0.3) is 0 Å². The minimum Gasteiger partial charge on any atom is -0.392 e. The molecule has 2 atom stereocenters. The van der Waals surface area contributed by atoms with E-state index < -0.39 is 0 Å². The van der Waals surface area contributed by atoms with Crippen LogP contribution in [0, 0.1) is 25.7 Å². The third kappa shape index (κ3) is 2.50. The minimum absolute atomic E-state index is 0.00875. The van der Waals surface area contributed by atoms with Gasteiger partial charge in [-0.2, -0.15) is 0 Å². The van der Waals surface area contributed by atoms with Crippen LogP contribution in [0.4, 0.5) is 5.69 Å². The van der Waals surface area contributed by atoms with Gasteiger partial charge in [-0.1, -0.05) is 13.0 Å². The van der Waals surface area contributed by atoms with Crippen molar-refractivity contribution in [3.8, 4) is 0 Å². The van der Waals surface area contributed by atoms with Gasteiger partial charge in [0.1, 0.15) is 0 Å². The molecule has 1 aromatic rings. The Morgan fingerprint density at radius 1 is 1.41 bits per heavy atom. The lowest BCUT2D eigenvalue weighted by Gasteiger charge is -2.12. The molecule has 1 aromatic carbocycles. The quantitative estimate of drug-likeness (QED) is 0.842. The van der Waals surface area contributed by atoms with E-state index in [0.717, 1.165) is 28.8 Å². The highest BCUT2D eigenvalue weighted by Crippen LogP contribution is 2.38. The number of hydrogen-bond donors (Lipinski definition) is 2. The first kappa shape index (κ1) is 12.1. The van der Waals surface area contributed by atoms with E-state index in [1.807, 2.05) is 26.0 Å². The Labute approximate surface area is 102 Å². The van der Waals surface area contributed by atoms with Gasteiger partial charge in [0.15, 0.2) is 0 Å². The smallest absolute Gasteiger partial charge is 0.227 e. The third-order valence-electron chi connectivity index (χ3n) is 3.56. The highest BCUT2D eigenvalue weighted by Gasteiger charge is 2.39. The molecule has 0 saturated heterocycles. The molecule has 1 saturated carbocycles. The van der Waals surface area contributed by atoms with E-state index in [2.05, 4.69) is 12.2 Å². The maximum absolute atomic E-state index is 11.8. The molecule has 0 aliphatic heterocycles. The van der Waals surface area contributed by atoms with Crippen LogP contribution in [0.2, 0.25) is 0 Å². The number of amides is 1. The van der Waals surface area contributed by atoms with Gasteiger partial charge < -0.3 is 10.4 Å². The number of rotatable bonds is 3. The molecule has 0 spiro atoms. The molecule has 1 aliphatic rings. The molecule has 1 fully saturated rings. The van der Waals surface area contributed by atoms with Gasteiger partial charge in [0, 0.05) is 11.6 Å². The molecule has 3 nitrogen and oxygen atoms in total. The molecule has 0 radical (unpaired) electrons. The Morgan fingerprint density at radius 3 is 2.59 bits per heavy atom. The molecule has 1 aliphatic carbocycles. The molecule has 0 heterocycles. The lowest BCUT2D eigenvalue weighted by Crippen LogP contribution is -2.15. The monoisotopic (exact) mass is 233 g/mol. The van der Waals surface area contributed by atoms with Gasteiger partial charge in [-0.05, 0) is 48.9 Å². The number of anilines is 1. The average Bonchev–Trinajstić information content (AvgIpc) is 2.99. The van der Waals surface area contributed by atoms with Crippen LogP contribution in [0.15, 0.2) is 12.1 Å². The second kappa shape index (κ2) is 4.49. The van der Waals surface area contributed by atoms with E-state index in [0.29, 0.717) is 5.92 Å². The summed E-state index contributed by atoms with van der Waals surface area (Å²) >= 11 is 0. The number of nitrogens with one attached hydrogen (secondary N) is 1. The van der Waals surface area contributed by atoms with Gasteiger partial charge in [0.05, 0.1) is 6.61 Å². The van der Waals surface area contributed by atoms with Crippen molar-refractivity contribution in [2.24, 2.45) is 11.8 Å². The summed E-state index contributed by atoms with van der Waals surface area (Å²) in [5.41, 5.74) is 3.79. The van der Waals surface area contributed by atoms with Crippen LogP contribution >= 0.6 is 0 Å². The summed E-state index contributed by atoms with van der Waals surface area (Å²) in [4.78, 5) is 11.8. The molecule has 0 unspecified atom stereocenters. The van der Waals surface area contributed by atoms with Crippen LogP contribution in [0.3, 0.4) is 0 Å². The first-order valence-corrected chi connectivity index (χ1v) is 6.04. The summed E-state index contributed by atoms with van der Waals surface area (Å²) in [6.45, 7) is 6.04. The summed E-state index contributed by atoms with van der Waals surface area (Å²) in [5, 5.41) is 12.2. The standard InChI is InChI=1S/C14H19NO2/c1-8-4-10(3)13(6-11(8)7-16)15-14(17)12-5-9(12)2/h4,6,9,12,16H,5,7H2,1-3H3,(H,15,17)/t9-,12+/m1/s1. The van der Waals surface area contributed by atoms with Crippen LogP contribution < -0.4 is 5.32 Å². The molecule has 0 aromatic heterocycles. The second-order valence-electron chi connectivity index (χ2n) is 5.06. The number of aliphatic hydroxyl groups excluding tert-OH is 1. The van der Waals surface area contributed by atoms with Gasteiger partial charge in [-0.15, -0.1) is 0 Å². The Hall–Kier alpha value is -1.35. The van der Waals surface area contributed by atoms with E-state index in [4.69, 9.17) is 0 Å². The molecule has 2 N–H and O–H groups in total. The Balaban J connectivity index is 2.17. The van der Waals surface area contributed by atoms with Crippen LogP contribution in [0.5, 0.6) is 0 Å². The van der Waals surface area contributed by atoms with Crippen LogP contribution in [0.1, 0.15) is 30.0 Å².